The molecule has 0 aliphatic carbocycles. The molecule has 1 amide bonds. The molecule has 128 valence electrons. The predicted octanol–water partition coefficient (Wildman–Crippen LogP) is 2.56. The monoisotopic (exact) mass is 368 g/mol. The molecule has 24 heavy (non-hydrogen) atoms. The van der Waals surface area contributed by atoms with Gasteiger partial charge in [0.2, 0.25) is 5.91 Å². The Hall–Kier alpha value is -1.60. The van der Waals surface area contributed by atoms with Crippen LogP contribution in [0.25, 0.3) is 0 Å². The van der Waals surface area contributed by atoms with Gasteiger partial charge >= 0.3 is 0 Å². The zero-order chi connectivity index (χ0) is 16.9. The molecular weight excluding hydrogens is 351 g/mol. The van der Waals surface area contributed by atoms with Crippen molar-refractivity contribution in [2.45, 2.75) is 19.0 Å². The van der Waals surface area contributed by atoms with E-state index < -0.39 is 0 Å². The number of amides is 1. The fourth-order valence-electron chi connectivity index (χ4n) is 2.57. The van der Waals surface area contributed by atoms with Gasteiger partial charge in [0.25, 0.3) is 0 Å². The Morgan fingerprint density at radius 1 is 1.38 bits per heavy atom. The fraction of sp³-hybridized carbons (Fsp3) is 0.375. The number of carbonyl (C=O) groups is 1. The zero-order valence-corrected chi connectivity index (χ0v) is 14.5. The van der Waals surface area contributed by atoms with Crippen LogP contribution in [-0.2, 0) is 16.1 Å². The summed E-state index contributed by atoms with van der Waals surface area (Å²) in [5.41, 5.74) is 0.766. The van der Waals surface area contributed by atoms with Gasteiger partial charge in [-0.3, -0.25) is 4.79 Å². The first kappa shape index (κ1) is 17.2. The van der Waals surface area contributed by atoms with E-state index in [1.165, 1.54) is 0 Å². The number of nitrogens with one attached hydrogen (secondary N) is 2. The molecule has 3 rings (SSSR count). The quantitative estimate of drug-likeness (QED) is 0.850. The highest BCUT2D eigenvalue weighted by atomic mass is 35.5. The van der Waals surface area contributed by atoms with E-state index in [-0.39, 0.29) is 11.9 Å². The number of hydrogen-bond donors (Lipinski definition) is 2. The first-order valence-corrected chi connectivity index (χ1v) is 8.45. The van der Waals surface area contributed by atoms with Crippen molar-refractivity contribution in [2.24, 2.45) is 0 Å². The molecule has 0 spiro atoms. The molecule has 1 aromatic carbocycles. The van der Waals surface area contributed by atoms with Gasteiger partial charge in [-0.25, -0.2) is 4.68 Å². The van der Waals surface area contributed by atoms with Gasteiger partial charge in [-0.15, -0.1) is 0 Å². The van der Waals surface area contributed by atoms with Crippen LogP contribution in [-0.4, -0.2) is 41.5 Å². The summed E-state index contributed by atoms with van der Waals surface area (Å²) in [6.45, 7) is 2.37. The van der Waals surface area contributed by atoms with Crippen LogP contribution < -0.4 is 10.6 Å². The van der Waals surface area contributed by atoms with Crippen LogP contribution in [0.3, 0.4) is 0 Å². The van der Waals surface area contributed by atoms with E-state index in [9.17, 15) is 4.79 Å². The minimum atomic E-state index is -0.0926. The van der Waals surface area contributed by atoms with E-state index in [1.54, 1.807) is 35.1 Å². The van der Waals surface area contributed by atoms with Crippen molar-refractivity contribution >= 4 is 34.9 Å². The van der Waals surface area contributed by atoms with Gasteiger partial charge in [0.15, 0.2) is 0 Å². The second-order valence-electron chi connectivity index (χ2n) is 5.55. The van der Waals surface area contributed by atoms with Crippen LogP contribution >= 0.6 is 23.2 Å². The number of aromatic nitrogens is 2. The first-order valence-electron chi connectivity index (χ1n) is 7.69. The molecule has 1 aromatic heterocycles. The second kappa shape index (κ2) is 7.98. The van der Waals surface area contributed by atoms with Crippen molar-refractivity contribution in [3.63, 3.8) is 0 Å². The second-order valence-corrected chi connectivity index (χ2v) is 6.37. The summed E-state index contributed by atoms with van der Waals surface area (Å²) in [5, 5.41) is 11.5. The van der Waals surface area contributed by atoms with E-state index in [1.807, 2.05) is 0 Å². The number of benzene rings is 1. The Balaban J connectivity index is 1.65. The molecule has 6 nitrogen and oxygen atoms in total. The van der Waals surface area contributed by atoms with Gasteiger partial charge in [-0.05, 0) is 12.1 Å². The van der Waals surface area contributed by atoms with Crippen molar-refractivity contribution in [3.8, 4) is 0 Å². The standard InChI is InChI=1S/C16H18Cl2N4O2/c17-13-2-1-3-14(18)12(13)9-22-15(4-5-20-22)21-16(23)8-11-10-24-7-6-19-11/h1-5,11,19H,6-10H2,(H,21,23). The third-order valence-corrected chi connectivity index (χ3v) is 4.49. The lowest BCUT2D eigenvalue weighted by molar-refractivity contribution is -0.117. The van der Waals surface area contributed by atoms with Gasteiger partial charge in [-0.2, -0.15) is 5.10 Å². The van der Waals surface area contributed by atoms with Crippen molar-refractivity contribution in [1.82, 2.24) is 15.1 Å². The van der Waals surface area contributed by atoms with Gasteiger partial charge in [-0.1, -0.05) is 29.3 Å². The molecule has 1 saturated heterocycles. The van der Waals surface area contributed by atoms with Crippen molar-refractivity contribution < 1.29 is 9.53 Å². The summed E-state index contributed by atoms with van der Waals surface area (Å²) < 4.78 is 7.02. The molecule has 1 unspecified atom stereocenters. The van der Waals surface area contributed by atoms with Crippen LogP contribution in [0.5, 0.6) is 0 Å². The van der Waals surface area contributed by atoms with Gasteiger partial charge in [0.1, 0.15) is 5.82 Å². The fourth-order valence-corrected chi connectivity index (χ4v) is 3.08. The highest BCUT2D eigenvalue weighted by molar-refractivity contribution is 6.35. The smallest absolute Gasteiger partial charge is 0.227 e. The molecule has 0 saturated carbocycles. The summed E-state index contributed by atoms with van der Waals surface area (Å²) in [6.07, 6.45) is 1.97. The Morgan fingerprint density at radius 2 is 2.17 bits per heavy atom. The average molecular weight is 369 g/mol. The van der Waals surface area contributed by atoms with E-state index in [0.717, 1.165) is 12.1 Å². The topological polar surface area (TPSA) is 68.2 Å². The number of hydrogen-bond acceptors (Lipinski definition) is 4. The summed E-state index contributed by atoms with van der Waals surface area (Å²) >= 11 is 12.4. The number of anilines is 1. The lowest BCUT2D eigenvalue weighted by atomic mass is 10.2. The maximum absolute atomic E-state index is 12.2. The highest BCUT2D eigenvalue weighted by Crippen LogP contribution is 2.26. The molecule has 2 aromatic rings. The predicted molar refractivity (Wildman–Crippen MR) is 93.6 cm³/mol. The lowest BCUT2D eigenvalue weighted by Gasteiger charge is -2.23. The van der Waals surface area contributed by atoms with E-state index in [4.69, 9.17) is 27.9 Å². The van der Waals surface area contributed by atoms with Crippen LogP contribution in [0.4, 0.5) is 5.82 Å². The number of halogens is 2. The summed E-state index contributed by atoms with van der Waals surface area (Å²) in [7, 11) is 0. The molecule has 1 aliphatic rings. The SMILES string of the molecule is O=C(CC1COCCN1)Nc1ccnn1Cc1c(Cl)cccc1Cl. The molecule has 8 heteroatoms. The number of ether oxygens (including phenoxy) is 1. The van der Waals surface area contributed by atoms with Crippen LogP contribution in [0.15, 0.2) is 30.5 Å². The van der Waals surface area contributed by atoms with E-state index in [0.29, 0.717) is 42.0 Å². The summed E-state index contributed by atoms with van der Waals surface area (Å²) in [4.78, 5) is 12.2. The zero-order valence-electron chi connectivity index (χ0n) is 13.0. The lowest BCUT2D eigenvalue weighted by Crippen LogP contribution is -2.43. The maximum Gasteiger partial charge on any atom is 0.227 e. The van der Waals surface area contributed by atoms with Crippen LogP contribution in [0.1, 0.15) is 12.0 Å². The molecule has 0 radical (unpaired) electrons. The normalized spacial score (nSPS) is 17.7. The molecule has 2 heterocycles. The molecular formula is C16H18Cl2N4O2. The van der Waals surface area contributed by atoms with Crippen molar-refractivity contribution in [3.05, 3.63) is 46.1 Å². The van der Waals surface area contributed by atoms with Crippen LogP contribution in [0.2, 0.25) is 10.0 Å². The third kappa shape index (κ3) is 4.27. The van der Waals surface area contributed by atoms with Gasteiger partial charge in [0, 0.05) is 40.7 Å². The Morgan fingerprint density at radius 3 is 2.88 bits per heavy atom. The highest BCUT2D eigenvalue weighted by Gasteiger charge is 2.18. The first-order chi connectivity index (χ1) is 11.6. The molecule has 1 aliphatic heterocycles. The van der Waals surface area contributed by atoms with E-state index in [2.05, 4.69) is 15.7 Å². The number of carbonyl (C=O) groups excluding carboxylic acids is 1. The van der Waals surface area contributed by atoms with Crippen molar-refractivity contribution in [1.29, 1.82) is 0 Å². The summed E-state index contributed by atoms with van der Waals surface area (Å²) in [6, 6.07) is 7.12. The molecule has 1 atom stereocenters. The third-order valence-electron chi connectivity index (χ3n) is 3.78. The average Bonchev–Trinajstić information content (AvgIpc) is 2.99. The number of nitrogens with zero attached hydrogens (tertiary/aromatic N) is 2. The number of rotatable bonds is 5. The Bertz CT molecular complexity index is 694. The Labute approximate surface area is 150 Å². The molecule has 0 bridgehead atoms. The number of morpholine rings is 1. The molecule has 2 N–H and O–H groups in total. The maximum atomic E-state index is 12.2. The van der Waals surface area contributed by atoms with Crippen molar-refractivity contribution in [2.75, 3.05) is 25.1 Å². The largest absolute Gasteiger partial charge is 0.378 e. The minimum Gasteiger partial charge on any atom is -0.378 e. The van der Waals surface area contributed by atoms with Gasteiger partial charge < -0.3 is 15.4 Å². The van der Waals surface area contributed by atoms with Crippen LogP contribution in [0, 0.1) is 0 Å². The van der Waals surface area contributed by atoms with Gasteiger partial charge in [0.05, 0.1) is 26.0 Å². The minimum absolute atomic E-state index is 0.0353. The summed E-state index contributed by atoms with van der Waals surface area (Å²) in [5.74, 6) is 0.512. The molecule has 1 fully saturated rings. The van der Waals surface area contributed by atoms with E-state index >= 15 is 0 Å². The Kier molecular flexibility index (Phi) is 5.73.